The summed E-state index contributed by atoms with van der Waals surface area (Å²) in [6.45, 7) is 5.73. The summed E-state index contributed by atoms with van der Waals surface area (Å²) in [7, 11) is 0. The summed E-state index contributed by atoms with van der Waals surface area (Å²) in [6.07, 6.45) is 15.4. The van der Waals surface area contributed by atoms with Crippen molar-refractivity contribution in [3.05, 3.63) is 12.3 Å². The monoisotopic (exact) mass is 330 g/mol. The average Bonchev–Trinajstić information content (AvgIpc) is 2.60. The van der Waals surface area contributed by atoms with Crippen molar-refractivity contribution < 1.29 is 19.7 Å². The third kappa shape index (κ3) is 14.7. The molecule has 0 aromatic carbocycles. The second-order valence-electron chi connectivity index (χ2n) is 6.15. The van der Waals surface area contributed by atoms with E-state index in [9.17, 15) is 0 Å². The van der Waals surface area contributed by atoms with Crippen LogP contribution >= 0.6 is 0 Å². The largest absolute Gasteiger partial charge is 0.516 e. The van der Waals surface area contributed by atoms with Crippen molar-refractivity contribution in [3.63, 3.8) is 0 Å². The molecule has 1 rings (SSSR count). The number of ether oxygens (including phenoxy) is 2. The minimum absolute atomic E-state index is 0.00249. The Labute approximate surface area is 142 Å². The molecule has 0 spiro atoms. The molecule has 1 saturated heterocycles. The average molecular weight is 331 g/mol. The van der Waals surface area contributed by atoms with Crippen molar-refractivity contribution >= 4 is 0 Å². The van der Waals surface area contributed by atoms with Crippen LogP contribution in [0.4, 0.5) is 0 Å². The highest BCUT2D eigenvalue weighted by Crippen LogP contribution is 2.17. The first-order chi connectivity index (χ1) is 11.3. The molecule has 0 bridgehead atoms. The predicted molar refractivity (Wildman–Crippen MR) is 95.9 cm³/mol. The van der Waals surface area contributed by atoms with E-state index in [0.29, 0.717) is 6.10 Å². The molecule has 1 fully saturated rings. The van der Waals surface area contributed by atoms with Crippen LogP contribution in [-0.2, 0) is 9.47 Å². The van der Waals surface area contributed by atoms with E-state index in [4.69, 9.17) is 19.7 Å². The zero-order valence-electron chi connectivity index (χ0n) is 15.2. The molecule has 1 aliphatic rings. The maximum absolute atomic E-state index is 9.06. The molecule has 1 heterocycles. The number of aliphatic hydroxyl groups is 2. The Bertz CT molecular complexity index is 252. The molecule has 2 N–H and O–H groups in total. The highest BCUT2D eigenvalue weighted by atomic mass is 16.5. The molecular weight excluding hydrogens is 292 g/mol. The van der Waals surface area contributed by atoms with Crippen LogP contribution < -0.4 is 0 Å². The predicted octanol–water partition coefficient (Wildman–Crippen LogP) is 4.76. The fourth-order valence-electron chi connectivity index (χ4n) is 2.61. The van der Waals surface area contributed by atoms with Gasteiger partial charge < -0.3 is 19.7 Å². The van der Waals surface area contributed by atoms with Gasteiger partial charge in [-0.3, -0.25) is 0 Å². The van der Waals surface area contributed by atoms with E-state index in [1.54, 1.807) is 13.0 Å². The number of unbranched alkanes of at least 4 members (excludes halogenated alkanes) is 7. The van der Waals surface area contributed by atoms with Gasteiger partial charge in [0.1, 0.15) is 0 Å². The molecule has 0 aromatic heterocycles. The first kappa shape index (κ1) is 22.4. The van der Waals surface area contributed by atoms with E-state index in [1.807, 2.05) is 0 Å². The summed E-state index contributed by atoms with van der Waals surface area (Å²) in [5, 5.41) is 16.8. The number of aliphatic hydroxyl groups excluding tert-OH is 2. The second-order valence-corrected chi connectivity index (χ2v) is 6.15. The van der Waals surface area contributed by atoms with E-state index >= 15 is 0 Å². The van der Waals surface area contributed by atoms with Crippen molar-refractivity contribution in [3.8, 4) is 0 Å². The highest BCUT2D eigenvalue weighted by molar-refractivity contribution is 4.71. The first-order valence-electron chi connectivity index (χ1n) is 9.37. The van der Waals surface area contributed by atoms with Gasteiger partial charge in [-0.1, -0.05) is 57.9 Å². The van der Waals surface area contributed by atoms with E-state index < -0.39 is 0 Å². The Morgan fingerprint density at radius 2 is 1.70 bits per heavy atom. The summed E-state index contributed by atoms with van der Waals surface area (Å²) >= 11 is 0. The van der Waals surface area contributed by atoms with Gasteiger partial charge in [0.2, 0.25) is 0 Å². The lowest BCUT2D eigenvalue weighted by Crippen LogP contribution is -2.33. The summed E-state index contributed by atoms with van der Waals surface area (Å²) in [6, 6.07) is 0. The summed E-state index contributed by atoms with van der Waals surface area (Å²) in [5.74, 6) is 0. The lowest BCUT2D eigenvalue weighted by molar-refractivity contribution is -0.0879. The molecule has 0 aliphatic carbocycles. The standard InChI is InChI=1S/C16H32O3.C3H6O/c1-2-3-4-5-6-7-8-9-11-18-15-10-12-19-16(13-15)14-17;1-2-3-4/h15-17H,2-14H2,1H3;2-4H,1H3/b;3-2-. The van der Waals surface area contributed by atoms with Crippen molar-refractivity contribution in [1.82, 2.24) is 0 Å². The van der Waals surface area contributed by atoms with Crippen LogP contribution in [0.1, 0.15) is 78.1 Å². The minimum atomic E-state index is -0.00249. The number of allylic oxidation sites excluding steroid dienone is 1. The quantitative estimate of drug-likeness (QED) is 0.423. The topological polar surface area (TPSA) is 58.9 Å². The normalized spacial score (nSPS) is 21.2. The molecule has 4 heteroatoms. The third-order valence-corrected chi connectivity index (χ3v) is 4.02. The lowest BCUT2D eigenvalue weighted by atomic mass is 10.1. The fourth-order valence-corrected chi connectivity index (χ4v) is 2.61. The first-order valence-corrected chi connectivity index (χ1v) is 9.37. The third-order valence-electron chi connectivity index (χ3n) is 4.02. The van der Waals surface area contributed by atoms with Crippen LogP contribution in [-0.4, -0.2) is 42.2 Å². The van der Waals surface area contributed by atoms with Crippen molar-refractivity contribution in [2.24, 2.45) is 0 Å². The molecule has 4 nitrogen and oxygen atoms in total. The van der Waals surface area contributed by atoms with Crippen LogP contribution in [0, 0.1) is 0 Å². The SMILES string of the molecule is C/C=C\O.CCCCCCCCCCOC1CCOC(CO)C1. The Morgan fingerprint density at radius 1 is 1.09 bits per heavy atom. The smallest absolute Gasteiger partial charge is 0.0830 e. The second kappa shape index (κ2) is 17.8. The number of rotatable bonds is 11. The van der Waals surface area contributed by atoms with Gasteiger partial charge in [0, 0.05) is 19.6 Å². The number of hydrogen-bond donors (Lipinski definition) is 2. The molecule has 0 saturated carbocycles. The molecule has 23 heavy (non-hydrogen) atoms. The lowest BCUT2D eigenvalue weighted by Gasteiger charge is -2.28. The maximum atomic E-state index is 9.06. The van der Waals surface area contributed by atoms with Crippen molar-refractivity contribution in [2.75, 3.05) is 19.8 Å². The molecule has 2 unspecified atom stereocenters. The van der Waals surface area contributed by atoms with E-state index in [-0.39, 0.29) is 12.7 Å². The van der Waals surface area contributed by atoms with Gasteiger partial charge in [0.15, 0.2) is 0 Å². The van der Waals surface area contributed by atoms with Gasteiger partial charge >= 0.3 is 0 Å². The number of hydrogen-bond acceptors (Lipinski definition) is 4. The molecule has 0 aromatic rings. The van der Waals surface area contributed by atoms with Gasteiger partial charge in [-0.25, -0.2) is 0 Å². The van der Waals surface area contributed by atoms with E-state index in [1.165, 1.54) is 51.4 Å². The molecule has 2 atom stereocenters. The fraction of sp³-hybridized carbons (Fsp3) is 0.895. The van der Waals surface area contributed by atoms with Gasteiger partial charge in [-0.2, -0.15) is 0 Å². The van der Waals surface area contributed by atoms with Crippen LogP contribution in [0.3, 0.4) is 0 Å². The Balaban J connectivity index is 0.00000108. The van der Waals surface area contributed by atoms with Crippen molar-refractivity contribution in [1.29, 1.82) is 0 Å². The van der Waals surface area contributed by atoms with Gasteiger partial charge in [0.25, 0.3) is 0 Å². The van der Waals surface area contributed by atoms with Crippen LogP contribution in [0.15, 0.2) is 12.3 Å². The van der Waals surface area contributed by atoms with Crippen LogP contribution in [0.5, 0.6) is 0 Å². The Kier molecular flexibility index (Phi) is 17.3. The zero-order valence-corrected chi connectivity index (χ0v) is 15.2. The Morgan fingerprint density at radius 3 is 2.26 bits per heavy atom. The Hall–Kier alpha value is -0.580. The zero-order chi connectivity index (χ0) is 17.2. The summed E-state index contributed by atoms with van der Waals surface area (Å²) in [4.78, 5) is 0. The van der Waals surface area contributed by atoms with Crippen molar-refractivity contribution in [2.45, 2.75) is 90.3 Å². The molecular formula is C19H38O4. The van der Waals surface area contributed by atoms with Gasteiger partial charge in [0.05, 0.1) is 25.1 Å². The maximum Gasteiger partial charge on any atom is 0.0830 e. The molecule has 0 radical (unpaired) electrons. The van der Waals surface area contributed by atoms with Crippen LogP contribution in [0.25, 0.3) is 0 Å². The van der Waals surface area contributed by atoms with Crippen LogP contribution in [0.2, 0.25) is 0 Å². The van der Waals surface area contributed by atoms with E-state index in [0.717, 1.165) is 32.3 Å². The molecule has 138 valence electrons. The van der Waals surface area contributed by atoms with Gasteiger partial charge in [-0.05, 0) is 19.8 Å². The molecule has 0 amide bonds. The molecule has 1 aliphatic heterocycles. The highest BCUT2D eigenvalue weighted by Gasteiger charge is 2.22. The van der Waals surface area contributed by atoms with E-state index in [2.05, 4.69) is 6.92 Å². The summed E-state index contributed by atoms with van der Waals surface area (Å²) in [5.41, 5.74) is 0. The van der Waals surface area contributed by atoms with Gasteiger partial charge in [-0.15, -0.1) is 0 Å². The minimum Gasteiger partial charge on any atom is -0.516 e. The summed E-state index contributed by atoms with van der Waals surface area (Å²) < 4.78 is 11.3.